The van der Waals surface area contributed by atoms with Crippen molar-refractivity contribution in [3.8, 4) is 11.3 Å². The van der Waals surface area contributed by atoms with Crippen molar-refractivity contribution in [2.45, 2.75) is 98.2 Å². The van der Waals surface area contributed by atoms with E-state index in [9.17, 15) is 4.79 Å². The Morgan fingerprint density at radius 2 is 1.82 bits per heavy atom. The van der Waals surface area contributed by atoms with Crippen LogP contribution in [0.3, 0.4) is 0 Å². The predicted octanol–water partition coefficient (Wildman–Crippen LogP) is 4.62. The Hall–Kier alpha value is -2.74. The van der Waals surface area contributed by atoms with E-state index in [2.05, 4.69) is 78.5 Å². The summed E-state index contributed by atoms with van der Waals surface area (Å²) in [6.07, 6.45) is 7.60. The molecule has 184 valence electrons. The zero-order valence-corrected chi connectivity index (χ0v) is 21.6. The predicted molar refractivity (Wildman–Crippen MR) is 135 cm³/mol. The molecule has 4 rings (SSSR count). The SMILES string of the molecule is Cc1cc(-c2[nH]nc(C(=O)N[C@H]3CC[C@H](NC(C)C(C)(C)C)CC3)c2C(C)C)cn2ncnc12. The van der Waals surface area contributed by atoms with Crippen molar-refractivity contribution in [2.24, 2.45) is 5.41 Å². The van der Waals surface area contributed by atoms with Gasteiger partial charge in [0.05, 0.1) is 5.69 Å². The second-order valence-corrected chi connectivity index (χ2v) is 11.2. The summed E-state index contributed by atoms with van der Waals surface area (Å²) in [4.78, 5) is 17.6. The maximum absolute atomic E-state index is 13.3. The van der Waals surface area contributed by atoms with E-state index < -0.39 is 0 Å². The highest BCUT2D eigenvalue weighted by molar-refractivity contribution is 5.96. The van der Waals surface area contributed by atoms with Crippen molar-refractivity contribution < 1.29 is 4.79 Å². The van der Waals surface area contributed by atoms with Crippen LogP contribution in [-0.4, -0.2) is 48.8 Å². The Labute approximate surface area is 202 Å². The third-order valence-electron chi connectivity index (χ3n) is 7.29. The lowest BCUT2D eigenvalue weighted by molar-refractivity contribution is 0.0916. The first-order valence-electron chi connectivity index (χ1n) is 12.5. The Bertz CT molecular complexity index is 1150. The number of rotatable bonds is 6. The van der Waals surface area contributed by atoms with Crippen LogP contribution in [0.1, 0.15) is 94.8 Å². The largest absolute Gasteiger partial charge is 0.348 e. The summed E-state index contributed by atoms with van der Waals surface area (Å²) >= 11 is 0. The van der Waals surface area contributed by atoms with Gasteiger partial charge < -0.3 is 10.6 Å². The fraction of sp³-hybridized carbons (Fsp3) is 0.615. The summed E-state index contributed by atoms with van der Waals surface area (Å²) in [7, 11) is 0. The average Bonchev–Trinajstić information content (AvgIpc) is 3.41. The Kier molecular flexibility index (Phi) is 6.80. The number of amides is 1. The zero-order chi connectivity index (χ0) is 24.6. The second kappa shape index (κ2) is 9.49. The summed E-state index contributed by atoms with van der Waals surface area (Å²) in [6, 6.07) is 3.22. The third kappa shape index (κ3) is 5.02. The highest BCUT2D eigenvalue weighted by Crippen LogP contribution is 2.31. The first-order chi connectivity index (χ1) is 16.0. The van der Waals surface area contributed by atoms with E-state index in [4.69, 9.17) is 0 Å². The van der Waals surface area contributed by atoms with Crippen molar-refractivity contribution in [1.29, 1.82) is 0 Å². The molecule has 3 aromatic heterocycles. The molecule has 3 aromatic rings. The number of aryl methyl sites for hydroxylation is 1. The van der Waals surface area contributed by atoms with Crippen LogP contribution in [0.2, 0.25) is 0 Å². The molecule has 1 amide bonds. The molecule has 3 heterocycles. The molecule has 0 saturated heterocycles. The number of H-pyrrole nitrogens is 1. The molecule has 8 heteroatoms. The van der Waals surface area contributed by atoms with Crippen LogP contribution in [0.15, 0.2) is 18.6 Å². The number of hydrogen-bond acceptors (Lipinski definition) is 5. The highest BCUT2D eigenvalue weighted by atomic mass is 16.2. The normalized spacial score (nSPS) is 20.1. The number of aromatic nitrogens is 5. The lowest BCUT2D eigenvalue weighted by Gasteiger charge is -2.36. The van der Waals surface area contributed by atoms with Crippen LogP contribution in [0.5, 0.6) is 0 Å². The number of fused-ring (bicyclic) bond motifs is 1. The van der Waals surface area contributed by atoms with Gasteiger partial charge in [-0.15, -0.1) is 0 Å². The maximum Gasteiger partial charge on any atom is 0.272 e. The number of nitrogens with one attached hydrogen (secondary N) is 3. The summed E-state index contributed by atoms with van der Waals surface area (Å²) in [5, 5.41) is 18.9. The summed E-state index contributed by atoms with van der Waals surface area (Å²) in [5.74, 6) is 0.0456. The smallest absolute Gasteiger partial charge is 0.272 e. The van der Waals surface area contributed by atoms with E-state index in [1.807, 2.05) is 13.1 Å². The van der Waals surface area contributed by atoms with Crippen molar-refractivity contribution in [1.82, 2.24) is 35.4 Å². The van der Waals surface area contributed by atoms with Gasteiger partial charge in [0, 0.05) is 35.4 Å². The Morgan fingerprint density at radius 1 is 1.15 bits per heavy atom. The van der Waals surface area contributed by atoms with E-state index in [-0.39, 0.29) is 23.3 Å². The lowest BCUT2D eigenvalue weighted by atomic mass is 9.85. The number of hydrogen-bond donors (Lipinski definition) is 3. The van der Waals surface area contributed by atoms with Gasteiger partial charge in [0.25, 0.3) is 5.91 Å². The topological polar surface area (TPSA) is 100 Å². The Morgan fingerprint density at radius 3 is 2.47 bits per heavy atom. The molecule has 0 radical (unpaired) electrons. The fourth-order valence-electron chi connectivity index (χ4n) is 4.80. The molecule has 1 atom stereocenters. The minimum absolute atomic E-state index is 0.0933. The third-order valence-corrected chi connectivity index (χ3v) is 7.29. The summed E-state index contributed by atoms with van der Waals surface area (Å²) in [6.45, 7) is 15.3. The van der Waals surface area contributed by atoms with E-state index in [0.29, 0.717) is 17.8 Å². The molecule has 1 aliphatic rings. The van der Waals surface area contributed by atoms with Crippen LogP contribution in [-0.2, 0) is 0 Å². The van der Waals surface area contributed by atoms with Crippen molar-refractivity contribution >= 4 is 11.6 Å². The van der Waals surface area contributed by atoms with Gasteiger partial charge in [0.15, 0.2) is 11.3 Å². The first-order valence-corrected chi connectivity index (χ1v) is 12.5. The number of carbonyl (C=O) groups is 1. The van der Waals surface area contributed by atoms with Gasteiger partial charge in [0.2, 0.25) is 0 Å². The first kappa shape index (κ1) is 24.4. The molecule has 1 fully saturated rings. The van der Waals surface area contributed by atoms with Crippen molar-refractivity contribution in [3.05, 3.63) is 35.4 Å². The number of aromatic amines is 1. The van der Waals surface area contributed by atoms with Gasteiger partial charge in [0.1, 0.15) is 6.33 Å². The van der Waals surface area contributed by atoms with E-state index in [1.54, 1.807) is 10.8 Å². The van der Waals surface area contributed by atoms with Gasteiger partial charge in [-0.2, -0.15) is 10.2 Å². The monoisotopic (exact) mass is 465 g/mol. The molecule has 0 aliphatic heterocycles. The lowest BCUT2D eigenvalue weighted by Crippen LogP contribution is -2.48. The van der Waals surface area contributed by atoms with Crippen LogP contribution in [0.25, 0.3) is 16.9 Å². The maximum atomic E-state index is 13.3. The zero-order valence-electron chi connectivity index (χ0n) is 21.6. The van der Waals surface area contributed by atoms with Gasteiger partial charge in [-0.05, 0) is 62.5 Å². The standard InChI is InChI=1S/C26H39N7O/c1-15(2)21-22(18-12-16(3)24-27-14-28-33(24)13-18)31-32-23(21)25(34)30-20-10-8-19(9-11-20)29-17(4)26(5,6)7/h12-15,17,19-20,29H,8-11H2,1-7H3,(H,30,34)(H,31,32)/t17?,19-,20-. The number of pyridine rings is 1. The van der Waals surface area contributed by atoms with Crippen LogP contribution < -0.4 is 10.6 Å². The molecule has 1 aliphatic carbocycles. The van der Waals surface area contributed by atoms with Crippen LogP contribution in [0, 0.1) is 12.3 Å². The van der Waals surface area contributed by atoms with Crippen LogP contribution >= 0.6 is 0 Å². The summed E-state index contributed by atoms with van der Waals surface area (Å²) in [5.41, 5.74) is 5.34. The van der Waals surface area contributed by atoms with Crippen molar-refractivity contribution in [2.75, 3.05) is 0 Å². The summed E-state index contributed by atoms with van der Waals surface area (Å²) < 4.78 is 1.77. The second-order valence-electron chi connectivity index (χ2n) is 11.2. The van der Waals surface area contributed by atoms with Gasteiger partial charge in [-0.1, -0.05) is 34.6 Å². The quantitative estimate of drug-likeness (QED) is 0.493. The fourth-order valence-corrected chi connectivity index (χ4v) is 4.80. The molecule has 0 spiro atoms. The molecular weight excluding hydrogens is 426 g/mol. The van der Waals surface area contributed by atoms with Gasteiger partial charge >= 0.3 is 0 Å². The van der Waals surface area contributed by atoms with Crippen molar-refractivity contribution in [3.63, 3.8) is 0 Å². The number of carbonyl (C=O) groups excluding carboxylic acids is 1. The van der Waals surface area contributed by atoms with Crippen LogP contribution in [0.4, 0.5) is 0 Å². The minimum Gasteiger partial charge on any atom is -0.348 e. The highest BCUT2D eigenvalue weighted by Gasteiger charge is 2.29. The molecule has 8 nitrogen and oxygen atoms in total. The minimum atomic E-state index is -0.0933. The van der Waals surface area contributed by atoms with E-state index in [0.717, 1.165) is 53.7 Å². The molecule has 0 bridgehead atoms. The molecule has 1 saturated carbocycles. The van der Waals surface area contributed by atoms with Gasteiger partial charge in [-0.3, -0.25) is 9.89 Å². The molecule has 0 aromatic carbocycles. The van der Waals surface area contributed by atoms with E-state index >= 15 is 0 Å². The molecule has 3 N–H and O–H groups in total. The van der Waals surface area contributed by atoms with Gasteiger partial charge in [-0.25, -0.2) is 9.50 Å². The Balaban J connectivity index is 1.46. The number of nitrogens with zero attached hydrogens (tertiary/aromatic N) is 4. The van der Waals surface area contributed by atoms with E-state index in [1.165, 1.54) is 0 Å². The molecule has 34 heavy (non-hydrogen) atoms. The molecular formula is C26H39N7O. The molecule has 1 unspecified atom stereocenters. The average molecular weight is 466 g/mol.